The molecule has 192 valence electrons. The predicted molar refractivity (Wildman–Crippen MR) is 129 cm³/mol. The molecular weight excluding hydrogens is 488 g/mol. The molecule has 5 rings (SSSR count). The fraction of sp³-hybridized carbons (Fsp3) is 0.480. The van der Waals surface area contributed by atoms with E-state index in [-0.39, 0.29) is 11.3 Å². The maximum Gasteiger partial charge on any atom is 0.255 e. The van der Waals surface area contributed by atoms with E-state index in [0.29, 0.717) is 16.6 Å². The van der Waals surface area contributed by atoms with Crippen LogP contribution in [0.25, 0.3) is 0 Å². The number of carbonyl (C=O) groups excluding carboxylic acids is 3. The Bertz CT molecular complexity index is 1240. The molecule has 4 aliphatic carbocycles. The Morgan fingerprint density at radius 2 is 1.81 bits per heavy atom. The Morgan fingerprint density at radius 1 is 1.14 bits per heavy atom. The summed E-state index contributed by atoms with van der Waals surface area (Å²) in [5.41, 5.74) is 7.34. The maximum absolute atomic E-state index is 13.6. The van der Waals surface area contributed by atoms with E-state index in [1.165, 1.54) is 6.07 Å². The van der Waals surface area contributed by atoms with Gasteiger partial charge in [0.25, 0.3) is 5.91 Å². The summed E-state index contributed by atoms with van der Waals surface area (Å²) in [5.74, 6) is -8.86. The molecule has 0 saturated heterocycles. The lowest BCUT2D eigenvalue weighted by Crippen LogP contribution is -2.68. The van der Waals surface area contributed by atoms with E-state index in [9.17, 15) is 39.9 Å². The van der Waals surface area contributed by atoms with Crippen LogP contribution in [0.4, 0.5) is 0 Å². The minimum atomic E-state index is -2.97. The summed E-state index contributed by atoms with van der Waals surface area (Å²) in [4.78, 5) is 38.7. The Balaban J connectivity index is 1.71. The maximum atomic E-state index is 13.6. The molecule has 6 atom stereocenters. The van der Waals surface area contributed by atoms with Crippen molar-refractivity contribution >= 4 is 29.2 Å². The molecule has 11 heteroatoms. The van der Waals surface area contributed by atoms with Crippen LogP contribution in [-0.4, -0.2) is 71.8 Å². The Kier molecular flexibility index (Phi) is 5.94. The Hall–Kier alpha value is -2.86. The summed E-state index contributed by atoms with van der Waals surface area (Å²) in [7, 11) is 0. The van der Waals surface area contributed by atoms with Gasteiger partial charge in [0.05, 0.1) is 23.6 Å². The summed E-state index contributed by atoms with van der Waals surface area (Å²) < 4.78 is 0. The van der Waals surface area contributed by atoms with Crippen LogP contribution >= 0.6 is 11.8 Å². The minimum absolute atomic E-state index is 0.0809. The van der Waals surface area contributed by atoms with Crippen molar-refractivity contribution in [2.24, 2.45) is 23.3 Å². The molecule has 1 amide bonds. The first-order valence-electron chi connectivity index (χ1n) is 11.9. The molecule has 0 spiro atoms. The number of aliphatic hydroxyl groups is 4. The van der Waals surface area contributed by atoms with E-state index in [0.717, 1.165) is 25.7 Å². The highest BCUT2D eigenvalue weighted by Crippen LogP contribution is 2.55. The minimum Gasteiger partial charge on any atom is -0.510 e. The number of Topliss-reactive ketones (excluding diaryl/α,β-unsaturated/α-hetero) is 2. The van der Waals surface area contributed by atoms with Crippen molar-refractivity contribution in [3.63, 3.8) is 0 Å². The molecule has 2 unspecified atom stereocenters. The highest BCUT2D eigenvalue weighted by atomic mass is 32.2. The quantitative estimate of drug-likeness (QED) is 0.279. The van der Waals surface area contributed by atoms with Gasteiger partial charge in [0.1, 0.15) is 22.8 Å². The first-order valence-corrected chi connectivity index (χ1v) is 12.9. The van der Waals surface area contributed by atoms with Crippen molar-refractivity contribution in [1.29, 1.82) is 0 Å². The Morgan fingerprint density at radius 3 is 2.44 bits per heavy atom. The zero-order valence-electron chi connectivity index (χ0n) is 19.3. The number of hydrogen-bond acceptors (Lipinski definition) is 10. The van der Waals surface area contributed by atoms with Crippen molar-refractivity contribution < 1.29 is 39.9 Å². The number of carbonyl (C=O) groups is 3. The molecule has 1 aromatic rings. The van der Waals surface area contributed by atoms with Gasteiger partial charge in [0.15, 0.2) is 11.4 Å². The lowest BCUT2D eigenvalue weighted by atomic mass is 9.55. The lowest BCUT2D eigenvalue weighted by molar-refractivity contribution is -0.156. The van der Waals surface area contributed by atoms with Crippen LogP contribution in [0.15, 0.2) is 40.9 Å². The molecule has 1 aromatic carbocycles. The van der Waals surface area contributed by atoms with Gasteiger partial charge in [-0.1, -0.05) is 25.0 Å². The fourth-order valence-electron chi connectivity index (χ4n) is 6.40. The largest absolute Gasteiger partial charge is 0.510 e. The predicted octanol–water partition coefficient (Wildman–Crippen LogP) is 0.705. The van der Waals surface area contributed by atoms with E-state index in [4.69, 9.17) is 11.5 Å². The van der Waals surface area contributed by atoms with Crippen LogP contribution in [0.5, 0.6) is 5.75 Å². The van der Waals surface area contributed by atoms with Crippen molar-refractivity contribution in [3.8, 4) is 5.75 Å². The number of fused-ring (bicyclic) bond motifs is 3. The molecule has 0 bridgehead atoms. The first kappa shape index (κ1) is 24.8. The smallest absolute Gasteiger partial charge is 0.255 e. The number of aliphatic hydroxyl groups excluding tert-OH is 3. The highest BCUT2D eigenvalue weighted by Gasteiger charge is 2.66. The SMILES string of the molecule is NC(=O)C1=C(O)[C@@H](N)C2[C@@H](O)C3C(=C(O)[C@]2(O)C1=O)C(=O)c1c(O)cccc1[C@@H]3CSC1CCCC1. The normalized spacial score (nSPS) is 34.5. The van der Waals surface area contributed by atoms with Gasteiger partial charge in [-0.05, 0) is 24.5 Å². The molecular formula is C25H28N2O8S. The molecule has 0 aliphatic heterocycles. The standard InChI is InChI=1S/C25H28N2O8S/c26-18-17-20(30)14-11(8-36-9-4-1-2-5-9)10-6-3-7-12(28)13(10)19(29)15(14)22(32)25(17,35)23(33)16(21(18)31)24(27)34/h3,6-7,9,11,14,17-18,20,28,30-32,35H,1-2,4-5,8,26H2,(H2,27,34)/t11-,14?,17?,18-,20-,25-/m0/s1. The van der Waals surface area contributed by atoms with E-state index in [1.54, 1.807) is 23.9 Å². The third-order valence-corrected chi connectivity index (χ3v) is 9.63. The second-order valence-corrected chi connectivity index (χ2v) is 11.3. The molecule has 0 radical (unpaired) electrons. The summed E-state index contributed by atoms with van der Waals surface area (Å²) in [6.07, 6.45) is 2.61. The van der Waals surface area contributed by atoms with Crippen molar-refractivity contribution in [2.45, 2.75) is 54.6 Å². The number of phenols is 1. The zero-order chi connectivity index (χ0) is 26.1. The third kappa shape index (κ3) is 3.26. The molecule has 0 aromatic heterocycles. The van der Waals surface area contributed by atoms with Gasteiger partial charge in [-0.15, -0.1) is 0 Å². The lowest BCUT2D eigenvalue weighted by Gasteiger charge is -2.52. The van der Waals surface area contributed by atoms with E-state index < -0.39 is 75.6 Å². The van der Waals surface area contributed by atoms with Gasteiger partial charge in [0, 0.05) is 28.4 Å². The van der Waals surface area contributed by atoms with Crippen molar-refractivity contribution in [2.75, 3.05) is 5.75 Å². The third-order valence-electron chi connectivity index (χ3n) is 8.14. The summed E-state index contributed by atoms with van der Waals surface area (Å²) in [6, 6.07) is 2.94. The van der Waals surface area contributed by atoms with E-state index in [1.807, 2.05) is 0 Å². The summed E-state index contributed by atoms with van der Waals surface area (Å²) >= 11 is 1.67. The van der Waals surface area contributed by atoms with Gasteiger partial charge in [-0.3, -0.25) is 14.4 Å². The monoisotopic (exact) mass is 516 g/mol. The number of benzene rings is 1. The number of phenolic OH excluding ortho intramolecular Hbond substituents is 1. The Labute approximate surface area is 210 Å². The van der Waals surface area contributed by atoms with Gasteiger partial charge < -0.3 is 37.0 Å². The van der Waals surface area contributed by atoms with Crippen LogP contribution in [0.2, 0.25) is 0 Å². The van der Waals surface area contributed by atoms with Crippen LogP contribution in [0.1, 0.15) is 47.5 Å². The number of hydrogen-bond donors (Lipinski definition) is 7. The number of amides is 1. The van der Waals surface area contributed by atoms with Gasteiger partial charge in [0.2, 0.25) is 5.78 Å². The molecule has 0 heterocycles. The van der Waals surface area contributed by atoms with Crippen LogP contribution < -0.4 is 11.5 Å². The highest BCUT2D eigenvalue weighted by molar-refractivity contribution is 7.99. The second kappa shape index (κ2) is 8.62. The van der Waals surface area contributed by atoms with Gasteiger partial charge >= 0.3 is 0 Å². The van der Waals surface area contributed by atoms with E-state index >= 15 is 0 Å². The number of primary amides is 1. The summed E-state index contributed by atoms with van der Waals surface area (Å²) in [5, 5.41) is 55.8. The zero-order valence-corrected chi connectivity index (χ0v) is 20.1. The van der Waals surface area contributed by atoms with E-state index in [2.05, 4.69) is 0 Å². The van der Waals surface area contributed by atoms with Crippen molar-refractivity contribution in [3.05, 3.63) is 52.0 Å². The molecule has 9 N–H and O–H groups in total. The van der Waals surface area contributed by atoms with Crippen molar-refractivity contribution in [1.82, 2.24) is 0 Å². The average Bonchev–Trinajstić information content (AvgIpc) is 3.34. The number of aromatic hydroxyl groups is 1. The number of rotatable bonds is 4. The number of nitrogens with two attached hydrogens (primary N) is 2. The van der Waals surface area contributed by atoms with Gasteiger partial charge in [-0.25, -0.2) is 0 Å². The van der Waals surface area contributed by atoms with Crippen LogP contribution in [-0.2, 0) is 9.59 Å². The topological polar surface area (TPSA) is 204 Å². The summed E-state index contributed by atoms with van der Waals surface area (Å²) in [6.45, 7) is 0. The fourth-order valence-corrected chi connectivity index (χ4v) is 7.94. The molecule has 36 heavy (non-hydrogen) atoms. The molecule has 4 aliphatic rings. The van der Waals surface area contributed by atoms with Gasteiger partial charge in [-0.2, -0.15) is 11.8 Å². The van der Waals surface area contributed by atoms with Crippen LogP contribution in [0.3, 0.4) is 0 Å². The first-order chi connectivity index (χ1) is 17.0. The number of thioether (sulfide) groups is 1. The molecule has 1 saturated carbocycles. The number of ketones is 2. The molecule has 1 fully saturated rings. The second-order valence-electron chi connectivity index (χ2n) is 9.97. The molecule has 10 nitrogen and oxygen atoms in total. The van der Waals surface area contributed by atoms with Crippen LogP contribution in [0, 0.1) is 11.8 Å². The average molecular weight is 517 g/mol.